The maximum Gasteiger partial charge on any atom is 0.136 e. The highest BCUT2D eigenvalue weighted by molar-refractivity contribution is 5.53. The Morgan fingerprint density at radius 2 is 1.70 bits per heavy atom. The van der Waals surface area contributed by atoms with Crippen molar-refractivity contribution in [3.05, 3.63) is 41.2 Å². The summed E-state index contributed by atoms with van der Waals surface area (Å²) in [5, 5.41) is 9.14. The lowest BCUT2D eigenvalue weighted by atomic mass is 9.92. The summed E-state index contributed by atoms with van der Waals surface area (Å²) in [6, 6.07) is 5.86. The first-order valence-corrected chi connectivity index (χ1v) is 11.9. The Morgan fingerprint density at radius 3 is 2.47 bits per heavy atom. The van der Waals surface area contributed by atoms with Gasteiger partial charge in [-0.05, 0) is 82.3 Å². The van der Waals surface area contributed by atoms with Crippen molar-refractivity contribution in [2.75, 3.05) is 31.1 Å². The molecular weight excluding hydrogens is 377 g/mol. The average Bonchev–Trinajstić information content (AvgIpc) is 3.02. The number of likely N-dealkylation sites (tertiary alicyclic amines) is 1. The molecule has 0 atom stereocenters. The fourth-order valence-electron chi connectivity index (χ4n) is 5.78. The van der Waals surface area contributed by atoms with E-state index in [1.807, 2.05) is 13.0 Å². The van der Waals surface area contributed by atoms with Crippen molar-refractivity contribution >= 4 is 5.69 Å². The van der Waals surface area contributed by atoms with E-state index in [4.69, 9.17) is 0 Å². The van der Waals surface area contributed by atoms with Crippen molar-refractivity contribution in [2.24, 2.45) is 0 Å². The lowest BCUT2D eigenvalue weighted by Crippen LogP contribution is -2.47. The van der Waals surface area contributed by atoms with Gasteiger partial charge < -0.3 is 14.4 Å². The second-order valence-electron chi connectivity index (χ2n) is 9.40. The zero-order valence-corrected chi connectivity index (χ0v) is 18.2. The molecule has 1 aromatic heterocycles. The van der Waals surface area contributed by atoms with E-state index < -0.39 is 0 Å². The van der Waals surface area contributed by atoms with E-state index >= 15 is 0 Å². The van der Waals surface area contributed by atoms with E-state index in [-0.39, 0.29) is 5.82 Å². The van der Waals surface area contributed by atoms with Gasteiger partial charge in [-0.25, -0.2) is 4.39 Å². The first-order valence-electron chi connectivity index (χ1n) is 11.9. The van der Waals surface area contributed by atoms with Crippen LogP contribution < -0.4 is 4.90 Å². The molecule has 0 N–H and O–H groups in total. The van der Waals surface area contributed by atoms with E-state index in [1.54, 1.807) is 12.1 Å². The molecule has 5 nitrogen and oxygen atoms in total. The third-order valence-electron chi connectivity index (χ3n) is 7.51. The molecule has 6 heteroatoms. The number of aromatic nitrogens is 3. The number of hydrogen-bond acceptors (Lipinski definition) is 4. The number of benzene rings is 1. The Bertz CT molecular complexity index is 862. The Morgan fingerprint density at radius 1 is 0.900 bits per heavy atom. The monoisotopic (exact) mass is 411 g/mol. The molecule has 4 heterocycles. The van der Waals surface area contributed by atoms with Gasteiger partial charge in [0.15, 0.2) is 0 Å². The van der Waals surface area contributed by atoms with Gasteiger partial charge >= 0.3 is 0 Å². The molecule has 3 aliphatic heterocycles. The summed E-state index contributed by atoms with van der Waals surface area (Å²) in [5.74, 6) is 2.91. The summed E-state index contributed by atoms with van der Waals surface area (Å²) < 4.78 is 15.9. The molecule has 0 amide bonds. The maximum atomic E-state index is 13.4. The van der Waals surface area contributed by atoms with Gasteiger partial charge in [-0.3, -0.25) is 0 Å². The van der Waals surface area contributed by atoms with Gasteiger partial charge in [-0.1, -0.05) is 6.42 Å². The Balaban J connectivity index is 1.16. The van der Waals surface area contributed by atoms with Crippen LogP contribution in [0.4, 0.5) is 10.1 Å². The second kappa shape index (κ2) is 8.66. The molecule has 3 aliphatic rings. The molecule has 0 aliphatic carbocycles. The topological polar surface area (TPSA) is 37.2 Å². The fourth-order valence-corrected chi connectivity index (χ4v) is 5.78. The average molecular weight is 412 g/mol. The number of aryl methyl sites for hydroxylation is 2. The van der Waals surface area contributed by atoms with Gasteiger partial charge in [-0.2, -0.15) is 0 Å². The molecule has 0 spiro atoms. The number of piperidine rings is 2. The molecule has 0 unspecified atom stereocenters. The molecule has 162 valence electrons. The number of rotatable bonds is 3. The smallest absolute Gasteiger partial charge is 0.136 e. The summed E-state index contributed by atoms with van der Waals surface area (Å²) in [6.45, 7) is 7.60. The van der Waals surface area contributed by atoms with Gasteiger partial charge in [0.2, 0.25) is 0 Å². The quantitative estimate of drug-likeness (QED) is 0.755. The second-order valence-corrected chi connectivity index (χ2v) is 9.40. The zero-order valence-electron chi connectivity index (χ0n) is 18.2. The third-order valence-corrected chi connectivity index (χ3v) is 7.51. The predicted molar refractivity (Wildman–Crippen MR) is 117 cm³/mol. The minimum atomic E-state index is -0.140. The number of nitrogens with zero attached hydrogens (tertiary/aromatic N) is 5. The van der Waals surface area contributed by atoms with Crippen LogP contribution in [0, 0.1) is 12.7 Å². The maximum absolute atomic E-state index is 13.4. The van der Waals surface area contributed by atoms with Crippen LogP contribution in [0.3, 0.4) is 0 Å². The molecule has 0 radical (unpaired) electrons. The molecule has 0 saturated carbocycles. The van der Waals surface area contributed by atoms with Crippen LogP contribution in [-0.4, -0.2) is 51.9 Å². The molecule has 30 heavy (non-hydrogen) atoms. The van der Waals surface area contributed by atoms with Crippen molar-refractivity contribution in [1.29, 1.82) is 0 Å². The largest absolute Gasteiger partial charge is 0.371 e. The number of hydrogen-bond donors (Lipinski definition) is 0. The Kier molecular flexibility index (Phi) is 5.77. The van der Waals surface area contributed by atoms with Crippen LogP contribution in [0.2, 0.25) is 0 Å². The normalized spacial score (nSPS) is 22.1. The van der Waals surface area contributed by atoms with Crippen molar-refractivity contribution in [3.8, 4) is 0 Å². The molecule has 5 rings (SSSR count). The molecule has 2 aromatic rings. The Hall–Kier alpha value is -1.95. The lowest BCUT2D eigenvalue weighted by molar-refractivity contribution is 0.129. The number of halogens is 1. The van der Waals surface area contributed by atoms with Crippen molar-refractivity contribution in [2.45, 2.75) is 76.8 Å². The molecule has 2 saturated heterocycles. The molecule has 1 aromatic carbocycles. The summed E-state index contributed by atoms with van der Waals surface area (Å²) in [5.41, 5.74) is 2.24. The fraction of sp³-hybridized carbons (Fsp3) is 0.667. The highest BCUT2D eigenvalue weighted by Crippen LogP contribution is 2.32. The summed E-state index contributed by atoms with van der Waals surface area (Å²) in [4.78, 5) is 5.15. The minimum Gasteiger partial charge on any atom is -0.371 e. The van der Waals surface area contributed by atoms with Gasteiger partial charge in [0.05, 0.1) is 0 Å². The van der Waals surface area contributed by atoms with E-state index in [0.717, 1.165) is 31.6 Å². The number of anilines is 1. The third kappa shape index (κ3) is 3.98. The van der Waals surface area contributed by atoms with Gasteiger partial charge in [0.1, 0.15) is 17.5 Å². The van der Waals surface area contributed by atoms with Gasteiger partial charge in [-0.15, -0.1) is 10.2 Å². The van der Waals surface area contributed by atoms with Crippen LogP contribution in [-0.2, 0) is 13.0 Å². The molecular formula is C24H34FN5. The Labute approximate surface area is 179 Å². The number of fused-ring (bicyclic) bond motifs is 1. The molecule has 2 fully saturated rings. The van der Waals surface area contributed by atoms with Crippen molar-refractivity contribution in [3.63, 3.8) is 0 Å². The zero-order chi connectivity index (χ0) is 20.5. The van der Waals surface area contributed by atoms with Gasteiger partial charge in [0.25, 0.3) is 0 Å². The predicted octanol–water partition coefficient (Wildman–Crippen LogP) is 4.30. The highest BCUT2D eigenvalue weighted by Gasteiger charge is 2.31. The SMILES string of the molecule is Cc1cc(F)ccc1N1CCC(N2CCC(c3nnc4n3CCCCC4)CC2)CC1. The van der Waals surface area contributed by atoms with Gasteiger partial charge in [0, 0.05) is 43.7 Å². The van der Waals surface area contributed by atoms with Crippen LogP contribution in [0.5, 0.6) is 0 Å². The first-order chi connectivity index (χ1) is 14.7. The van der Waals surface area contributed by atoms with E-state index in [2.05, 4.69) is 24.6 Å². The van der Waals surface area contributed by atoms with Crippen molar-refractivity contribution < 1.29 is 4.39 Å². The van der Waals surface area contributed by atoms with E-state index in [9.17, 15) is 4.39 Å². The van der Waals surface area contributed by atoms with Crippen LogP contribution in [0.1, 0.15) is 68.1 Å². The lowest BCUT2D eigenvalue weighted by Gasteiger charge is -2.42. The minimum absolute atomic E-state index is 0.140. The standard InChI is InChI=1S/C24H34FN5/c1-18-17-20(25)6-7-22(18)29-15-10-21(11-16-29)28-13-8-19(9-14-28)24-27-26-23-5-3-2-4-12-30(23)24/h6-7,17,19,21H,2-5,8-16H2,1H3. The molecule has 0 bridgehead atoms. The summed E-state index contributed by atoms with van der Waals surface area (Å²) in [6.07, 6.45) is 9.74. The first kappa shape index (κ1) is 20.0. The van der Waals surface area contributed by atoms with Crippen LogP contribution >= 0.6 is 0 Å². The highest BCUT2D eigenvalue weighted by atomic mass is 19.1. The van der Waals surface area contributed by atoms with Crippen molar-refractivity contribution in [1.82, 2.24) is 19.7 Å². The van der Waals surface area contributed by atoms with Crippen LogP contribution in [0.15, 0.2) is 18.2 Å². The summed E-state index contributed by atoms with van der Waals surface area (Å²) in [7, 11) is 0. The van der Waals surface area contributed by atoms with E-state index in [0.29, 0.717) is 12.0 Å². The summed E-state index contributed by atoms with van der Waals surface area (Å²) >= 11 is 0. The van der Waals surface area contributed by atoms with Crippen LogP contribution in [0.25, 0.3) is 0 Å². The van der Waals surface area contributed by atoms with E-state index in [1.165, 1.54) is 75.4 Å².